The molecule has 1 aliphatic carbocycles. The Labute approximate surface area is 116 Å². The van der Waals surface area contributed by atoms with Gasteiger partial charge in [-0.2, -0.15) is 0 Å². The molecule has 1 aromatic rings. The van der Waals surface area contributed by atoms with E-state index in [2.05, 4.69) is 4.99 Å². The van der Waals surface area contributed by atoms with Crippen LogP contribution >= 0.6 is 23.2 Å². The Bertz CT molecular complexity index is 463. The standard InChI is InChI=1S/C13H15Cl2NO2/c14-9-4-8(13(18)12(15)5-9)7-16-10-2-1-3-11(17)6-10/h4-5,7,10-11,17-18H,1-3,6H2/t10-,11+/m0/s1. The summed E-state index contributed by atoms with van der Waals surface area (Å²) in [5.74, 6) is -0.0128. The van der Waals surface area contributed by atoms with Crippen molar-refractivity contribution < 1.29 is 10.2 Å². The minimum atomic E-state index is -0.266. The molecule has 0 unspecified atom stereocenters. The third-order valence-electron chi connectivity index (χ3n) is 3.10. The third-order valence-corrected chi connectivity index (χ3v) is 3.61. The fourth-order valence-electron chi connectivity index (χ4n) is 2.14. The van der Waals surface area contributed by atoms with E-state index in [1.165, 1.54) is 6.07 Å². The van der Waals surface area contributed by atoms with Gasteiger partial charge in [0.15, 0.2) is 0 Å². The predicted molar refractivity (Wildman–Crippen MR) is 74.0 cm³/mol. The van der Waals surface area contributed by atoms with Crippen molar-refractivity contribution in [3.05, 3.63) is 27.7 Å². The van der Waals surface area contributed by atoms with E-state index >= 15 is 0 Å². The van der Waals surface area contributed by atoms with Gasteiger partial charge < -0.3 is 10.2 Å². The highest BCUT2D eigenvalue weighted by molar-refractivity contribution is 6.36. The van der Waals surface area contributed by atoms with Gasteiger partial charge >= 0.3 is 0 Å². The van der Waals surface area contributed by atoms with E-state index in [9.17, 15) is 10.2 Å². The lowest BCUT2D eigenvalue weighted by molar-refractivity contribution is 0.121. The number of aromatic hydroxyl groups is 1. The molecule has 1 saturated carbocycles. The van der Waals surface area contributed by atoms with Crippen molar-refractivity contribution in [3.8, 4) is 5.75 Å². The molecule has 0 radical (unpaired) electrons. The summed E-state index contributed by atoms with van der Waals surface area (Å²) in [5.41, 5.74) is 0.507. The second kappa shape index (κ2) is 5.91. The number of aliphatic imine (C=N–C) groups is 1. The first-order chi connectivity index (χ1) is 8.56. The van der Waals surface area contributed by atoms with Gasteiger partial charge in [-0.3, -0.25) is 4.99 Å². The number of phenolic OH excluding ortho intramolecular Hbond substituents is 1. The Morgan fingerprint density at radius 2 is 2.06 bits per heavy atom. The molecule has 0 aliphatic heterocycles. The van der Waals surface area contributed by atoms with Crippen LogP contribution in [0.3, 0.4) is 0 Å². The number of hydrogen-bond acceptors (Lipinski definition) is 3. The summed E-state index contributed by atoms with van der Waals surface area (Å²) in [6.45, 7) is 0. The molecule has 1 aromatic carbocycles. The summed E-state index contributed by atoms with van der Waals surface area (Å²) in [5, 5.41) is 20.0. The zero-order valence-electron chi connectivity index (χ0n) is 9.81. The maximum Gasteiger partial charge on any atom is 0.143 e. The first-order valence-electron chi connectivity index (χ1n) is 5.95. The molecule has 1 aliphatic rings. The highest BCUT2D eigenvalue weighted by atomic mass is 35.5. The Morgan fingerprint density at radius 1 is 1.28 bits per heavy atom. The highest BCUT2D eigenvalue weighted by Gasteiger charge is 2.18. The van der Waals surface area contributed by atoms with Crippen LogP contribution in [-0.4, -0.2) is 28.6 Å². The molecule has 3 nitrogen and oxygen atoms in total. The second-order valence-electron chi connectivity index (χ2n) is 4.58. The molecule has 0 amide bonds. The normalized spacial score (nSPS) is 24.6. The van der Waals surface area contributed by atoms with Gasteiger partial charge in [0, 0.05) is 16.8 Å². The molecule has 0 bridgehead atoms. The van der Waals surface area contributed by atoms with E-state index in [0.717, 1.165) is 19.3 Å². The summed E-state index contributed by atoms with van der Waals surface area (Å²) in [4.78, 5) is 4.38. The van der Waals surface area contributed by atoms with Crippen LogP contribution in [0.4, 0.5) is 0 Å². The molecular weight excluding hydrogens is 273 g/mol. The molecule has 98 valence electrons. The summed E-state index contributed by atoms with van der Waals surface area (Å²) in [7, 11) is 0. The van der Waals surface area contributed by atoms with E-state index in [-0.39, 0.29) is 22.9 Å². The molecule has 5 heteroatoms. The average molecular weight is 288 g/mol. The fourth-order valence-corrected chi connectivity index (χ4v) is 2.65. The number of aliphatic hydroxyl groups excluding tert-OH is 1. The average Bonchev–Trinajstić information content (AvgIpc) is 2.32. The van der Waals surface area contributed by atoms with E-state index in [0.29, 0.717) is 17.0 Å². The maximum atomic E-state index is 9.77. The van der Waals surface area contributed by atoms with Crippen LogP contribution in [-0.2, 0) is 0 Å². The van der Waals surface area contributed by atoms with E-state index in [1.807, 2.05) is 0 Å². The van der Waals surface area contributed by atoms with Crippen molar-refractivity contribution in [2.75, 3.05) is 0 Å². The van der Waals surface area contributed by atoms with Crippen LogP contribution in [0.25, 0.3) is 0 Å². The van der Waals surface area contributed by atoms with Gasteiger partial charge in [-0.25, -0.2) is 0 Å². The van der Waals surface area contributed by atoms with Gasteiger partial charge in [0.1, 0.15) is 5.75 Å². The summed E-state index contributed by atoms with van der Waals surface area (Å²) in [6.07, 6.45) is 4.77. The molecule has 2 atom stereocenters. The van der Waals surface area contributed by atoms with Crippen LogP contribution < -0.4 is 0 Å². The number of phenols is 1. The van der Waals surface area contributed by atoms with Crippen molar-refractivity contribution in [1.82, 2.24) is 0 Å². The van der Waals surface area contributed by atoms with Crippen molar-refractivity contribution in [2.45, 2.75) is 37.8 Å². The first-order valence-corrected chi connectivity index (χ1v) is 6.71. The monoisotopic (exact) mass is 287 g/mol. The molecule has 0 heterocycles. The molecule has 2 N–H and O–H groups in total. The summed E-state index contributed by atoms with van der Waals surface area (Å²) >= 11 is 11.7. The maximum absolute atomic E-state index is 9.77. The van der Waals surface area contributed by atoms with Gasteiger partial charge in [-0.15, -0.1) is 0 Å². The lowest BCUT2D eigenvalue weighted by atomic mass is 9.93. The van der Waals surface area contributed by atoms with Crippen molar-refractivity contribution in [1.29, 1.82) is 0 Å². The van der Waals surface area contributed by atoms with Crippen LogP contribution in [0.2, 0.25) is 10.0 Å². The quantitative estimate of drug-likeness (QED) is 0.819. The Hall–Kier alpha value is -0.770. The topological polar surface area (TPSA) is 52.8 Å². The SMILES string of the molecule is Oc1c(Cl)cc(Cl)cc1C=N[C@H]1CCC[C@@H](O)C1. The molecule has 1 fully saturated rings. The van der Waals surface area contributed by atoms with Gasteiger partial charge in [-0.1, -0.05) is 23.2 Å². The van der Waals surface area contributed by atoms with Gasteiger partial charge in [0.2, 0.25) is 0 Å². The number of rotatable bonds is 2. The summed E-state index contributed by atoms with van der Waals surface area (Å²) in [6, 6.07) is 3.21. The lowest BCUT2D eigenvalue weighted by Crippen LogP contribution is -2.22. The number of hydrogen-bond donors (Lipinski definition) is 2. The van der Waals surface area contributed by atoms with E-state index < -0.39 is 0 Å². The zero-order chi connectivity index (χ0) is 13.1. The third kappa shape index (κ3) is 3.37. The van der Waals surface area contributed by atoms with E-state index in [4.69, 9.17) is 23.2 Å². The van der Waals surface area contributed by atoms with Crippen molar-refractivity contribution >= 4 is 29.4 Å². The second-order valence-corrected chi connectivity index (χ2v) is 5.42. The van der Waals surface area contributed by atoms with Crippen molar-refractivity contribution in [3.63, 3.8) is 0 Å². The lowest BCUT2D eigenvalue weighted by Gasteiger charge is -2.22. The number of halogens is 2. The number of aliphatic hydroxyl groups is 1. The molecular formula is C13H15Cl2NO2. The van der Waals surface area contributed by atoms with Gasteiger partial charge in [-0.05, 0) is 37.8 Å². The van der Waals surface area contributed by atoms with Crippen LogP contribution in [0, 0.1) is 0 Å². The van der Waals surface area contributed by atoms with Gasteiger partial charge in [0.05, 0.1) is 17.2 Å². The Kier molecular flexibility index (Phi) is 4.49. The molecule has 0 spiro atoms. The smallest absolute Gasteiger partial charge is 0.143 e. The molecule has 0 aromatic heterocycles. The minimum absolute atomic E-state index is 0.0128. The Balaban J connectivity index is 2.13. The molecule has 2 rings (SSSR count). The number of nitrogens with zero attached hydrogens (tertiary/aromatic N) is 1. The largest absolute Gasteiger partial charge is 0.506 e. The van der Waals surface area contributed by atoms with Crippen LogP contribution in [0.1, 0.15) is 31.2 Å². The predicted octanol–water partition coefficient (Wildman–Crippen LogP) is 3.42. The molecule has 18 heavy (non-hydrogen) atoms. The van der Waals surface area contributed by atoms with Gasteiger partial charge in [0.25, 0.3) is 0 Å². The highest BCUT2D eigenvalue weighted by Crippen LogP contribution is 2.30. The van der Waals surface area contributed by atoms with Crippen molar-refractivity contribution in [2.24, 2.45) is 4.99 Å². The minimum Gasteiger partial charge on any atom is -0.506 e. The van der Waals surface area contributed by atoms with E-state index in [1.54, 1.807) is 12.3 Å². The first kappa shape index (κ1) is 13.7. The zero-order valence-corrected chi connectivity index (χ0v) is 11.3. The van der Waals surface area contributed by atoms with Crippen LogP contribution in [0.15, 0.2) is 17.1 Å². The Morgan fingerprint density at radius 3 is 2.78 bits per heavy atom. The molecule has 0 saturated heterocycles. The fraction of sp³-hybridized carbons (Fsp3) is 0.462. The van der Waals surface area contributed by atoms with Crippen LogP contribution in [0.5, 0.6) is 5.75 Å². The summed E-state index contributed by atoms with van der Waals surface area (Å²) < 4.78 is 0. The number of benzene rings is 1.